The highest BCUT2D eigenvalue weighted by molar-refractivity contribution is 5.20. The zero-order valence-corrected chi connectivity index (χ0v) is 24.0. The highest BCUT2D eigenvalue weighted by Crippen LogP contribution is 2.39. The van der Waals surface area contributed by atoms with Gasteiger partial charge in [-0.3, -0.25) is 0 Å². The summed E-state index contributed by atoms with van der Waals surface area (Å²) in [5.74, 6) is -2.79. The van der Waals surface area contributed by atoms with Crippen LogP contribution in [0.25, 0.3) is 0 Å². The van der Waals surface area contributed by atoms with E-state index in [1.54, 1.807) is 19.9 Å². The van der Waals surface area contributed by atoms with Gasteiger partial charge in [0.15, 0.2) is 6.29 Å². The van der Waals surface area contributed by atoms with Gasteiger partial charge in [0, 0.05) is 17.8 Å². The number of nitrogens with one attached hydrogen (secondary N) is 1. The van der Waals surface area contributed by atoms with Crippen molar-refractivity contribution < 1.29 is 75.5 Å². The molecule has 4 rings (SSSR count). The zero-order valence-electron chi connectivity index (χ0n) is 24.0. The maximum Gasteiger partial charge on any atom is 0.183 e. The van der Waals surface area contributed by atoms with Crippen molar-refractivity contribution in [3.05, 3.63) is 11.6 Å². The Balaban J connectivity index is 1.48. The molecular weight excluding hydrogens is 578 g/mol. The molecule has 4 aliphatic rings. The van der Waals surface area contributed by atoms with Crippen LogP contribution in [-0.2, 0) is 14.2 Å². The highest BCUT2D eigenvalue weighted by Gasteiger charge is 2.56. The Morgan fingerprint density at radius 2 is 1.30 bits per heavy atom. The molecule has 19 atom stereocenters. The van der Waals surface area contributed by atoms with Crippen molar-refractivity contribution in [2.45, 2.75) is 118 Å². The summed E-state index contributed by atoms with van der Waals surface area (Å²) in [5.41, 5.74) is 0.479. The molecule has 0 spiro atoms. The number of ether oxygens (including phenoxy) is 3. The maximum absolute atomic E-state index is 11.2. The third-order valence-corrected chi connectivity index (χ3v) is 9.73. The molecule has 13 N–H and O–H groups in total. The molecule has 3 saturated heterocycles. The average Bonchev–Trinajstić information content (AvgIpc) is 2.99. The molecule has 11 unspecified atom stereocenters. The lowest BCUT2D eigenvalue weighted by Gasteiger charge is -2.52. The summed E-state index contributed by atoms with van der Waals surface area (Å²) >= 11 is 0. The zero-order chi connectivity index (χ0) is 31.9. The van der Waals surface area contributed by atoms with Gasteiger partial charge in [-0.1, -0.05) is 13.0 Å². The predicted octanol–water partition coefficient (Wildman–Crippen LogP) is -6.35. The number of aliphatic hydroxyl groups is 12. The van der Waals surface area contributed by atoms with E-state index in [0.29, 0.717) is 5.57 Å². The highest BCUT2D eigenvalue weighted by atomic mass is 16.6. The molecule has 16 heteroatoms. The van der Waals surface area contributed by atoms with Crippen molar-refractivity contribution in [3.8, 4) is 0 Å². The van der Waals surface area contributed by atoms with Crippen molar-refractivity contribution in [2.75, 3.05) is 19.8 Å². The van der Waals surface area contributed by atoms with Crippen LogP contribution in [0.5, 0.6) is 0 Å². The first-order valence-electron chi connectivity index (χ1n) is 14.6. The van der Waals surface area contributed by atoms with E-state index >= 15 is 0 Å². The molecule has 3 heterocycles. The van der Waals surface area contributed by atoms with Gasteiger partial charge >= 0.3 is 0 Å². The summed E-state index contributed by atoms with van der Waals surface area (Å²) in [5, 5.41) is 128. The SMILES string of the molecule is CC1C(CO)=C[C@@H](NC2C(O)[C@@H](O)C(C3C(O)[C@@H](O)C(C[C@@H]4C(CO)OC(O)[C@H](O)[C@@H]4O)O[C@H]3CO)O[C@H]2C)C(O)C1O. The fourth-order valence-corrected chi connectivity index (χ4v) is 6.99. The van der Waals surface area contributed by atoms with Crippen LogP contribution in [0.4, 0.5) is 0 Å². The Labute approximate surface area is 248 Å². The summed E-state index contributed by atoms with van der Waals surface area (Å²) in [6, 6.07) is -1.89. The van der Waals surface area contributed by atoms with Gasteiger partial charge in [0.1, 0.15) is 24.4 Å². The van der Waals surface area contributed by atoms with Crippen LogP contribution in [0, 0.1) is 17.8 Å². The molecule has 0 aromatic rings. The van der Waals surface area contributed by atoms with Crippen molar-refractivity contribution in [1.82, 2.24) is 5.32 Å². The monoisotopic (exact) mass is 625 g/mol. The van der Waals surface area contributed by atoms with E-state index in [2.05, 4.69) is 5.32 Å². The van der Waals surface area contributed by atoms with Crippen molar-refractivity contribution in [1.29, 1.82) is 0 Å². The normalized spacial score (nSPS) is 53.0. The van der Waals surface area contributed by atoms with E-state index in [9.17, 15) is 61.3 Å². The molecule has 0 saturated carbocycles. The second kappa shape index (κ2) is 14.3. The minimum absolute atomic E-state index is 0.256. The topological polar surface area (TPSA) is 282 Å². The summed E-state index contributed by atoms with van der Waals surface area (Å²) in [7, 11) is 0. The van der Waals surface area contributed by atoms with Crippen LogP contribution in [0.3, 0.4) is 0 Å². The quantitative estimate of drug-likeness (QED) is 0.112. The number of hydrogen-bond acceptors (Lipinski definition) is 16. The lowest BCUT2D eigenvalue weighted by Crippen LogP contribution is -2.70. The van der Waals surface area contributed by atoms with E-state index in [-0.39, 0.29) is 13.0 Å². The third kappa shape index (κ3) is 6.66. The first-order valence-corrected chi connectivity index (χ1v) is 14.6. The molecule has 0 aromatic carbocycles. The average molecular weight is 626 g/mol. The Morgan fingerprint density at radius 3 is 1.91 bits per heavy atom. The summed E-state index contributed by atoms with van der Waals surface area (Å²) in [4.78, 5) is 0. The van der Waals surface area contributed by atoms with Crippen LogP contribution in [0.1, 0.15) is 20.3 Å². The molecule has 43 heavy (non-hydrogen) atoms. The fourth-order valence-electron chi connectivity index (χ4n) is 6.99. The molecule has 0 radical (unpaired) electrons. The van der Waals surface area contributed by atoms with Gasteiger partial charge in [-0.15, -0.1) is 0 Å². The van der Waals surface area contributed by atoms with Gasteiger partial charge in [-0.25, -0.2) is 0 Å². The van der Waals surface area contributed by atoms with E-state index in [4.69, 9.17) is 14.2 Å². The van der Waals surface area contributed by atoms with Crippen molar-refractivity contribution in [3.63, 3.8) is 0 Å². The maximum atomic E-state index is 11.2. The van der Waals surface area contributed by atoms with Gasteiger partial charge in [-0.05, 0) is 18.9 Å². The molecular formula is C27H47NO15. The lowest BCUT2D eigenvalue weighted by molar-refractivity contribution is -0.293. The molecule has 0 amide bonds. The van der Waals surface area contributed by atoms with Gasteiger partial charge in [0.25, 0.3) is 0 Å². The Bertz CT molecular complexity index is 940. The summed E-state index contributed by atoms with van der Waals surface area (Å²) in [6.45, 7) is 1.53. The van der Waals surface area contributed by atoms with Crippen molar-refractivity contribution in [2.24, 2.45) is 17.8 Å². The summed E-state index contributed by atoms with van der Waals surface area (Å²) < 4.78 is 17.0. The van der Waals surface area contributed by atoms with Crippen LogP contribution in [0.15, 0.2) is 11.6 Å². The number of aliphatic hydroxyl groups excluding tert-OH is 12. The first kappa shape index (κ1) is 35.0. The molecule has 1 aliphatic carbocycles. The molecule has 16 nitrogen and oxygen atoms in total. The van der Waals surface area contributed by atoms with Crippen LogP contribution in [0.2, 0.25) is 0 Å². The second-order valence-corrected chi connectivity index (χ2v) is 12.3. The number of rotatable bonds is 8. The van der Waals surface area contributed by atoms with Crippen LogP contribution in [-0.4, -0.2) is 179 Å². The molecule has 250 valence electrons. The Kier molecular flexibility index (Phi) is 11.6. The number of hydrogen-bond donors (Lipinski definition) is 13. The minimum Gasteiger partial charge on any atom is -0.394 e. The van der Waals surface area contributed by atoms with E-state index in [1.165, 1.54) is 0 Å². The second-order valence-electron chi connectivity index (χ2n) is 12.3. The van der Waals surface area contributed by atoms with Crippen molar-refractivity contribution >= 4 is 0 Å². The molecule has 0 aromatic heterocycles. The van der Waals surface area contributed by atoms with E-state index in [1.807, 2.05) is 0 Å². The van der Waals surface area contributed by atoms with Crippen LogP contribution >= 0.6 is 0 Å². The fraction of sp³-hybridized carbons (Fsp3) is 0.926. The van der Waals surface area contributed by atoms with Gasteiger partial charge in [0.05, 0.1) is 86.8 Å². The smallest absolute Gasteiger partial charge is 0.183 e. The molecule has 0 bridgehead atoms. The van der Waals surface area contributed by atoms with Gasteiger partial charge in [-0.2, -0.15) is 0 Å². The first-order chi connectivity index (χ1) is 20.3. The predicted molar refractivity (Wildman–Crippen MR) is 143 cm³/mol. The van der Waals surface area contributed by atoms with E-state index < -0.39 is 129 Å². The standard InChI is InChI=1S/C27H47NO15/c1-8-10(5-29)3-12(20(34)18(8)32)28-17-9(2)41-26(24(38)23(17)37)16-15(7-31)42-13(21(35)22(16)36)4-11-14(6-30)43-27(40)25(39)19(11)33/h3,8-9,11-40H,4-7H2,1-2H3/t8?,9-,11+,12+,13?,14?,15-,16?,17?,18?,19+,20?,21-,22?,23?,24+,25+,26?,27?/m0/s1. The molecule has 3 aliphatic heterocycles. The summed E-state index contributed by atoms with van der Waals surface area (Å²) in [6.07, 6.45) is -18.6. The van der Waals surface area contributed by atoms with Crippen LogP contribution < -0.4 is 5.32 Å². The van der Waals surface area contributed by atoms with E-state index in [0.717, 1.165) is 0 Å². The molecule has 3 fully saturated rings. The Morgan fingerprint density at radius 1 is 0.651 bits per heavy atom. The minimum atomic E-state index is -1.75. The largest absolute Gasteiger partial charge is 0.394 e. The van der Waals surface area contributed by atoms with Gasteiger partial charge in [0.2, 0.25) is 0 Å². The van der Waals surface area contributed by atoms with Gasteiger partial charge < -0.3 is 80.8 Å². The lowest BCUT2D eigenvalue weighted by atomic mass is 9.75. The third-order valence-electron chi connectivity index (χ3n) is 9.73. The Hall–Kier alpha value is -0.900.